The van der Waals surface area contributed by atoms with E-state index in [2.05, 4.69) is 17.2 Å². The summed E-state index contributed by atoms with van der Waals surface area (Å²) in [6, 6.07) is 10.8. The Morgan fingerprint density at radius 1 is 1.21 bits per heavy atom. The van der Waals surface area contributed by atoms with E-state index in [9.17, 15) is 14.9 Å². The second kappa shape index (κ2) is 8.68. The predicted octanol–water partition coefficient (Wildman–Crippen LogP) is 6.23. The van der Waals surface area contributed by atoms with Crippen LogP contribution in [0.15, 0.2) is 42.5 Å². The second-order valence-corrected chi connectivity index (χ2v) is 7.83. The summed E-state index contributed by atoms with van der Waals surface area (Å²) in [6.07, 6.45) is 1.70. The Bertz CT molecular complexity index is 1050. The molecule has 0 radical (unpaired) electrons. The fourth-order valence-electron chi connectivity index (χ4n) is 2.60. The Hall–Kier alpha value is -2.48. The first-order chi connectivity index (χ1) is 13.4. The Labute approximate surface area is 175 Å². The van der Waals surface area contributed by atoms with E-state index in [4.69, 9.17) is 23.2 Å². The zero-order chi connectivity index (χ0) is 20.3. The third-order valence-electron chi connectivity index (χ3n) is 3.91. The Kier molecular flexibility index (Phi) is 6.28. The lowest BCUT2D eigenvalue weighted by molar-refractivity contribution is -0.384. The molecule has 3 rings (SSSR count). The molecule has 0 aliphatic carbocycles. The van der Waals surface area contributed by atoms with Gasteiger partial charge in [0.05, 0.1) is 20.7 Å². The van der Waals surface area contributed by atoms with Crippen molar-refractivity contribution in [3.63, 3.8) is 0 Å². The van der Waals surface area contributed by atoms with Gasteiger partial charge in [-0.3, -0.25) is 20.2 Å². The largest absolute Gasteiger partial charge is 0.298 e. The summed E-state index contributed by atoms with van der Waals surface area (Å²) < 4.78 is 0. The summed E-state index contributed by atoms with van der Waals surface area (Å²) >= 11 is 13.5. The molecule has 144 valence electrons. The molecular formula is C19H15Cl2N3O3S. The molecule has 0 aliphatic heterocycles. The molecule has 0 aliphatic rings. The molecule has 1 amide bonds. The van der Waals surface area contributed by atoms with Crippen LogP contribution in [0.25, 0.3) is 11.3 Å². The quantitative estimate of drug-likeness (QED) is 0.367. The summed E-state index contributed by atoms with van der Waals surface area (Å²) in [6.45, 7) is 2.06. The number of hydrogen-bond acceptors (Lipinski definition) is 5. The molecule has 0 atom stereocenters. The van der Waals surface area contributed by atoms with Crippen LogP contribution in [-0.4, -0.2) is 15.8 Å². The molecule has 0 unspecified atom stereocenters. The molecule has 1 N–H and O–H groups in total. The van der Waals surface area contributed by atoms with Crippen molar-refractivity contribution < 1.29 is 9.72 Å². The highest BCUT2D eigenvalue weighted by molar-refractivity contribution is 7.16. The van der Waals surface area contributed by atoms with E-state index in [0.717, 1.165) is 29.0 Å². The summed E-state index contributed by atoms with van der Waals surface area (Å²) in [4.78, 5) is 28.4. The number of anilines is 1. The molecule has 0 saturated heterocycles. The van der Waals surface area contributed by atoms with Gasteiger partial charge in [-0.05, 0) is 24.6 Å². The number of aromatic nitrogens is 1. The molecule has 0 spiro atoms. The van der Waals surface area contributed by atoms with Gasteiger partial charge < -0.3 is 0 Å². The molecule has 3 aromatic rings. The van der Waals surface area contributed by atoms with Crippen molar-refractivity contribution in [3.05, 3.63) is 73.1 Å². The molecule has 28 heavy (non-hydrogen) atoms. The van der Waals surface area contributed by atoms with E-state index in [1.165, 1.54) is 35.6 Å². The highest BCUT2D eigenvalue weighted by Crippen LogP contribution is 2.35. The lowest BCUT2D eigenvalue weighted by atomic mass is 10.1. The van der Waals surface area contributed by atoms with Gasteiger partial charge in [0, 0.05) is 28.1 Å². The van der Waals surface area contributed by atoms with Crippen LogP contribution < -0.4 is 5.32 Å². The zero-order valence-electron chi connectivity index (χ0n) is 14.7. The minimum Gasteiger partial charge on any atom is -0.298 e. The fraction of sp³-hybridized carbons (Fsp3) is 0.158. The number of carbonyl (C=O) groups is 1. The molecule has 9 heteroatoms. The van der Waals surface area contributed by atoms with E-state index in [-0.39, 0.29) is 11.3 Å². The van der Waals surface area contributed by atoms with Gasteiger partial charge in [0.1, 0.15) is 0 Å². The Morgan fingerprint density at radius 3 is 2.68 bits per heavy atom. The van der Waals surface area contributed by atoms with Crippen LogP contribution in [0.3, 0.4) is 0 Å². The molecule has 0 saturated carbocycles. The number of non-ortho nitro benzene ring substituents is 1. The van der Waals surface area contributed by atoms with Gasteiger partial charge in [-0.25, -0.2) is 4.98 Å². The summed E-state index contributed by atoms with van der Waals surface area (Å²) in [5, 5.41) is 14.9. The molecule has 0 fully saturated rings. The Balaban J connectivity index is 1.90. The van der Waals surface area contributed by atoms with Crippen molar-refractivity contribution in [3.8, 4) is 11.3 Å². The minimum absolute atomic E-state index is 0.144. The summed E-state index contributed by atoms with van der Waals surface area (Å²) in [5.41, 5.74) is 1.59. The van der Waals surface area contributed by atoms with E-state index in [1.807, 2.05) is 6.07 Å². The number of hydrogen-bond donors (Lipinski definition) is 1. The van der Waals surface area contributed by atoms with Crippen molar-refractivity contribution in [1.29, 1.82) is 0 Å². The molecular weight excluding hydrogens is 421 g/mol. The first kappa shape index (κ1) is 20.3. The number of thiazole rings is 1. The van der Waals surface area contributed by atoms with Gasteiger partial charge in [-0.1, -0.05) is 48.7 Å². The first-order valence-electron chi connectivity index (χ1n) is 8.40. The first-order valence-corrected chi connectivity index (χ1v) is 9.97. The lowest BCUT2D eigenvalue weighted by Crippen LogP contribution is -2.11. The predicted molar refractivity (Wildman–Crippen MR) is 113 cm³/mol. The van der Waals surface area contributed by atoms with Crippen molar-refractivity contribution in [2.45, 2.75) is 19.8 Å². The van der Waals surface area contributed by atoms with Crippen LogP contribution in [0, 0.1) is 10.1 Å². The van der Waals surface area contributed by atoms with Crippen LogP contribution in [-0.2, 0) is 6.42 Å². The van der Waals surface area contributed by atoms with Crippen molar-refractivity contribution in [1.82, 2.24) is 4.98 Å². The van der Waals surface area contributed by atoms with Gasteiger partial charge >= 0.3 is 0 Å². The van der Waals surface area contributed by atoms with E-state index < -0.39 is 10.8 Å². The number of nitrogens with one attached hydrogen (secondary N) is 1. The Morgan fingerprint density at radius 2 is 2.00 bits per heavy atom. The van der Waals surface area contributed by atoms with Crippen LogP contribution in [0.4, 0.5) is 10.8 Å². The molecule has 1 heterocycles. The number of nitro benzene ring substituents is 1. The zero-order valence-corrected chi connectivity index (χ0v) is 17.1. The molecule has 0 bridgehead atoms. The van der Waals surface area contributed by atoms with E-state index in [1.54, 1.807) is 12.1 Å². The van der Waals surface area contributed by atoms with Crippen LogP contribution in [0.5, 0.6) is 0 Å². The highest BCUT2D eigenvalue weighted by Gasteiger charge is 2.17. The van der Waals surface area contributed by atoms with E-state index >= 15 is 0 Å². The maximum atomic E-state index is 12.5. The number of rotatable bonds is 6. The average molecular weight is 436 g/mol. The minimum atomic E-state index is -0.540. The monoisotopic (exact) mass is 435 g/mol. The van der Waals surface area contributed by atoms with Crippen LogP contribution >= 0.6 is 34.5 Å². The maximum absolute atomic E-state index is 12.5. The van der Waals surface area contributed by atoms with Gasteiger partial charge in [0.15, 0.2) is 5.13 Å². The number of halogens is 2. The lowest BCUT2D eigenvalue weighted by Gasteiger charge is -2.03. The number of amides is 1. The molecule has 1 aromatic heterocycles. The fourth-order valence-corrected chi connectivity index (χ4v) is 3.98. The number of nitrogens with zero attached hydrogens (tertiary/aromatic N) is 2. The summed E-state index contributed by atoms with van der Waals surface area (Å²) in [5.74, 6) is -0.457. The van der Waals surface area contributed by atoms with Crippen LogP contribution in [0.1, 0.15) is 28.6 Å². The number of aryl methyl sites for hydroxylation is 1. The maximum Gasteiger partial charge on any atom is 0.270 e. The average Bonchev–Trinajstić information content (AvgIpc) is 3.06. The third-order valence-corrected chi connectivity index (χ3v) is 5.68. The standard InChI is InChI=1S/C19H15Cl2N3O3S/c1-2-4-16-17(11-7-8-14(20)15(21)10-11)22-19(28-16)23-18(25)12-5-3-6-13(9-12)24(26)27/h3,5-10H,2,4H2,1H3,(H,22,23,25). The molecule has 2 aromatic carbocycles. The number of nitro groups is 1. The number of carbonyl (C=O) groups excluding carboxylic acids is 1. The van der Waals surface area contributed by atoms with Gasteiger partial charge in [-0.15, -0.1) is 11.3 Å². The van der Waals surface area contributed by atoms with E-state index in [0.29, 0.717) is 15.2 Å². The van der Waals surface area contributed by atoms with Gasteiger partial charge in [0.2, 0.25) is 0 Å². The normalized spacial score (nSPS) is 10.7. The summed E-state index contributed by atoms with van der Waals surface area (Å²) in [7, 11) is 0. The topological polar surface area (TPSA) is 85.1 Å². The molecule has 6 nitrogen and oxygen atoms in total. The van der Waals surface area contributed by atoms with Crippen molar-refractivity contribution in [2.24, 2.45) is 0 Å². The van der Waals surface area contributed by atoms with Crippen molar-refractivity contribution >= 4 is 51.3 Å². The second-order valence-electron chi connectivity index (χ2n) is 5.93. The number of benzene rings is 2. The van der Waals surface area contributed by atoms with Gasteiger partial charge in [0.25, 0.3) is 11.6 Å². The van der Waals surface area contributed by atoms with Crippen LogP contribution in [0.2, 0.25) is 10.0 Å². The van der Waals surface area contributed by atoms with Crippen molar-refractivity contribution in [2.75, 3.05) is 5.32 Å². The third kappa shape index (κ3) is 4.49. The SMILES string of the molecule is CCCc1sc(NC(=O)c2cccc([N+](=O)[O-])c2)nc1-c1ccc(Cl)c(Cl)c1. The highest BCUT2D eigenvalue weighted by atomic mass is 35.5. The smallest absolute Gasteiger partial charge is 0.270 e. The van der Waals surface area contributed by atoms with Gasteiger partial charge in [-0.2, -0.15) is 0 Å².